The first-order valence-corrected chi connectivity index (χ1v) is 6.96. The maximum Gasteiger partial charge on any atom is 0.330 e. The molecule has 0 unspecified atom stereocenters. The van der Waals surface area contributed by atoms with Crippen molar-refractivity contribution in [2.45, 2.75) is 0 Å². The molecule has 0 aromatic carbocycles. The summed E-state index contributed by atoms with van der Waals surface area (Å²) < 4.78 is 4.54. The SMILES string of the molecule is C=CC(=O)Cl.C=CC(=O)OCCBr.OCCBr. The third-order valence-electron chi connectivity index (χ3n) is 0.733. The lowest BCUT2D eigenvalue weighted by Crippen LogP contribution is -2.01. The second-order valence-electron chi connectivity index (χ2n) is 1.98. The first kappa shape index (κ1) is 22.0. The molecule has 0 amide bonds. The molecular weight excluding hydrogens is 379 g/mol. The average Bonchev–Trinajstić information content (AvgIpc) is 2.36. The largest absolute Gasteiger partial charge is 0.462 e. The van der Waals surface area contributed by atoms with Crippen LogP contribution >= 0.6 is 43.5 Å². The molecule has 0 atom stereocenters. The maximum absolute atomic E-state index is 10.2. The Kier molecular flexibility index (Phi) is 27.4. The molecule has 0 rings (SSSR count). The highest BCUT2D eigenvalue weighted by Crippen LogP contribution is 1.82. The molecule has 0 saturated carbocycles. The van der Waals surface area contributed by atoms with E-state index in [-0.39, 0.29) is 12.6 Å². The number of halogens is 3. The van der Waals surface area contributed by atoms with Crippen molar-refractivity contribution in [1.29, 1.82) is 0 Å². The monoisotopic (exact) mass is 392 g/mol. The van der Waals surface area contributed by atoms with Gasteiger partial charge in [0.25, 0.3) is 0 Å². The van der Waals surface area contributed by atoms with Gasteiger partial charge in [0.2, 0.25) is 5.24 Å². The maximum atomic E-state index is 10.2. The van der Waals surface area contributed by atoms with Gasteiger partial charge >= 0.3 is 5.97 Å². The first-order chi connectivity index (χ1) is 7.99. The van der Waals surface area contributed by atoms with Crippen molar-refractivity contribution < 1.29 is 19.4 Å². The van der Waals surface area contributed by atoms with Crippen LogP contribution in [0.1, 0.15) is 0 Å². The van der Waals surface area contributed by atoms with E-state index in [0.717, 1.165) is 12.2 Å². The quantitative estimate of drug-likeness (QED) is 0.337. The van der Waals surface area contributed by atoms with Gasteiger partial charge < -0.3 is 9.84 Å². The van der Waals surface area contributed by atoms with E-state index in [9.17, 15) is 9.59 Å². The van der Waals surface area contributed by atoms with Crippen LogP contribution in [0.25, 0.3) is 0 Å². The normalized spacial score (nSPS) is 7.53. The summed E-state index contributed by atoms with van der Waals surface area (Å²) in [5.74, 6) is -0.371. The fourth-order valence-electron chi connectivity index (χ4n) is 0.198. The zero-order valence-electron chi connectivity index (χ0n) is 9.20. The number of ether oxygens (including phenoxy) is 1. The van der Waals surface area contributed by atoms with Gasteiger partial charge in [0.1, 0.15) is 6.61 Å². The van der Waals surface area contributed by atoms with Crippen molar-refractivity contribution in [3.8, 4) is 0 Å². The molecule has 0 fully saturated rings. The number of hydrogen-bond donors (Lipinski definition) is 1. The average molecular weight is 394 g/mol. The molecule has 0 aromatic heterocycles. The standard InChI is InChI=1S/C5H7BrO2.C3H3ClO.C2H5BrO/c1-2-5(7)8-4-3-6;1-2-3(4)5;3-1-2-4/h2H,1,3-4H2;2H,1H2;4H,1-2H2. The molecule has 0 spiro atoms. The summed E-state index contributed by atoms with van der Waals surface area (Å²) in [7, 11) is 0. The lowest BCUT2D eigenvalue weighted by molar-refractivity contribution is -0.137. The summed E-state index contributed by atoms with van der Waals surface area (Å²) in [6.45, 7) is 6.95. The smallest absolute Gasteiger partial charge is 0.330 e. The predicted molar refractivity (Wildman–Crippen MR) is 76.9 cm³/mol. The van der Waals surface area contributed by atoms with Gasteiger partial charge in [-0.05, 0) is 17.7 Å². The van der Waals surface area contributed by atoms with Gasteiger partial charge in [-0.3, -0.25) is 4.79 Å². The first-order valence-electron chi connectivity index (χ1n) is 4.33. The van der Waals surface area contributed by atoms with Gasteiger partial charge in [0.15, 0.2) is 0 Å². The number of hydrogen-bond acceptors (Lipinski definition) is 4. The van der Waals surface area contributed by atoms with Crippen LogP contribution in [0.15, 0.2) is 25.3 Å². The van der Waals surface area contributed by atoms with Crippen LogP contribution < -0.4 is 0 Å². The van der Waals surface area contributed by atoms with Crippen LogP contribution in [0.4, 0.5) is 0 Å². The van der Waals surface area contributed by atoms with E-state index in [1.54, 1.807) is 0 Å². The van der Waals surface area contributed by atoms with E-state index in [4.69, 9.17) is 16.7 Å². The minimum absolute atomic E-state index is 0.236. The van der Waals surface area contributed by atoms with Crippen molar-refractivity contribution in [3.05, 3.63) is 25.3 Å². The molecule has 17 heavy (non-hydrogen) atoms. The second kappa shape index (κ2) is 21.1. The third-order valence-corrected chi connectivity index (χ3v) is 1.57. The highest BCUT2D eigenvalue weighted by atomic mass is 79.9. The van der Waals surface area contributed by atoms with E-state index in [2.05, 4.69) is 49.8 Å². The summed E-state index contributed by atoms with van der Waals surface area (Å²) in [5.41, 5.74) is 0. The van der Waals surface area contributed by atoms with Crippen LogP contribution in [0.2, 0.25) is 0 Å². The lowest BCUT2D eigenvalue weighted by atomic mass is 10.6. The molecule has 0 radical (unpaired) electrons. The van der Waals surface area contributed by atoms with Crippen molar-refractivity contribution >= 4 is 54.7 Å². The lowest BCUT2D eigenvalue weighted by Gasteiger charge is -1.94. The Morgan fingerprint density at radius 3 is 1.82 bits per heavy atom. The van der Waals surface area contributed by atoms with Crippen molar-refractivity contribution in [2.75, 3.05) is 23.9 Å². The fourth-order valence-corrected chi connectivity index (χ4v) is 0.360. The zero-order chi connectivity index (χ0) is 14.1. The molecular formula is C10H15Br2ClO4. The Morgan fingerprint density at radius 2 is 1.65 bits per heavy atom. The van der Waals surface area contributed by atoms with E-state index >= 15 is 0 Å². The molecule has 0 aliphatic rings. The number of esters is 1. The summed E-state index contributed by atoms with van der Waals surface area (Å²) in [6, 6.07) is 0. The molecule has 0 aromatic rings. The summed E-state index contributed by atoms with van der Waals surface area (Å²) in [6.07, 6.45) is 2.18. The van der Waals surface area contributed by atoms with Gasteiger partial charge in [-0.1, -0.05) is 45.0 Å². The number of carbonyl (C=O) groups is 2. The molecule has 0 bridgehead atoms. The van der Waals surface area contributed by atoms with Crippen molar-refractivity contribution in [1.82, 2.24) is 0 Å². The number of allylic oxidation sites excluding steroid dienone is 1. The van der Waals surface area contributed by atoms with Crippen LogP contribution in [0.3, 0.4) is 0 Å². The summed E-state index contributed by atoms with van der Waals surface area (Å²) >= 11 is 10.8. The van der Waals surface area contributed by atoms with Crippen LogP contribution in [0.5, 0.6) is 0 Å². The van der Waals surface area contributed by atoms with E-state index in [1.165, 1.54) is 0 Å². The molecule has 4 nitrogen and oxygen atoms in total. The van der Waals surface area contributed by atoms with Crippen LogP contribution in [-0.4, -0.2) is 40.2 Å². The zero-order valence-corrected chi connectivity index (χ0v) is 13.1. The van der Waals surface area contributed by atoms with Gasteiger partial charge in [-0.15, -0.1) is 0 Å². The van der Waals surface area contributed by atoms with Crippen molar-refractivity contribution in [2.24, 2.45) is 0 Å². The van der Waals surface area contributed by atoms with E-state index in [1.807, 2.05) is 0 Å². The Hall–Kier alpha value is -0.170. The molecule has 1 N–H and O–H groups in total. The highest BCUT2D eigenvalue weighted by Gasteiger charge is 1.90. The van der Waals surface area contributed by atoms with E-state index < -0.39 is 5.24 Å². The van der Waals surface area contributed by atoms with Gasteiger partial charge in [-0.25, -0.2) is 4.79 Å². The van der Waals surface area contributed by atoms with Crippen LogP contribution in [-0.2, 0) is 14.3 Å². The number of carbonyl (C=O) groups excluding carboxylic acids is 2. The van der Waals surface area contributed by atoms with E-state index in [0.29, 0.717) is 17.3 Å². The molecule has 0 heterocycles. The summed E-state index contributed by atoms with van der Waals surface area (Å²) in [5, 5.41) is 8.68. The second-order valence-corrected chi connectivity index (χ2v) is 3.94. The topological polar surface area (TPSA) is 63.6 Å². The summed E-state index contributed by atoms with van der Waals surface area (Å²) in [4.78, 5) is 19.7. The minimum Gasteiger partial charge on any atom is -0.462 e. The minimum atomic E-state index is -0.509. The van der Waals surface area contributed by atoms with Gasteiger partial charge in [-0.2, -0.15) is 0 Å². The van der Waals surface area contributed by atoms with Crippen LogP contribution in [0, 0.1) is 0 Å². The Bertz CT molecular complexity index is 220. The fraction of sp³-hybridized carbons (Fsp3) is 0.400. The number of rotatable bonds is 5. The number of aliphatic hydroxyl groups is 1. The molecule has 0 saturated heterocycles. The molecule has 0 aliphatic carbocycles. The molecule has 100 valence electrons. The highest BCUT2D eigenvalue weighted by molar-refractivity contribution is 9.09. The number of aliphatic hydroxyl groups excluding tert-OH is 1. The van der Waals surface area contributed by atoms with Gasteiger partial charge in [0.05, 0.1) is 6.61 Å². The Morgan fingerprint density at radius 1 is 1.24 bits per heavy atom. The molecule has 7 heteroatoms. The third kappa shape index (κ3) is 38.8. The molecule has 0 aliphatic heterocycles. The number of alkyl halides is 2. The predicted octanol–water partition coefficient (Wildman–Crippen LogP) is 2.42. The van der Waals surface area contributed by atoms with Gasteiger partial charge in [0, 0.05) is 16.7 Å². The Balaban J connectivity index is -0.000000188. The van der Waals surface area contributed by atoms with Crippen molar-refractivity contribution in [3.63, 3.8) is 0 Å². The Labute approximate surface area is 123 Å².